The lowest BCUT2D eigenvalue weighted by atomic mass is 9.76. The zero-order chi connectivity index (χ0) is 17.1. The number of nitrogens with one attached hydrogen (secondary N) is 1. The topological polar surface area (TPSA) is 92.8 Å². The Hall–Kier alpha value is -1.92. The van der Waals surface area contributed by atoms with E-state index in [1.165, 1.54) is 0 Å². The van der Waals surface area contributed by atoms with Gasteiger partial charge in [-0.25, -0.2) is 4.79 Å². The maximum absolute atomic E-state index is 12.1. The summed E-state index contributed by atoms with van der Waals surface area (Å²) in [6.07, 6.45) is 0.720. The largest absolute Gasteiger partial charge is 0.352 e. The molecule has 1 heterocycles. The molecule has 0 bridgehead atoms. The van der Waals surface area contributed by atoms with Crippen LogP contribution in [0.15, 0.2) is 0 Å². The number of carbonyl (C=O) groups excluding carboxylic acids is 4. The molecule has 1 aliphatic heterocycles. The van der Waals surface area contributed by atoms with Crippen LogP contribution in [0, 0.1) is 10.8 Å². The molecule has 1 rings (SSSR count). The molecule has 22 heavy (non-hydrogen) atoms. The molecule has 1 saturated heterocycles. The molecule has 3 amide bonds. The predicted octanol–water partition coefficient (Wildman–Crippen LogP) is 1.17. The molecule has 0 spiro atoms. The molecular formula is C15H24N2O5. The van der Waals surface area contributed by atoms with Crippen molar-refractivity contribution in [3.8, 4) is 0 Å². The summed E-state index contributed by atoms with van der Waals surface area (Å²) >= 11 is 0. The first-order valence-electron chi connectivity index (χ1n) is 7.27. The number of hydrogen-bond acceptors (Lipinski definition) is 5. The number of nitrogens with zero attached hydrogens (tertiary/aromatic N) is 1. The van der Waals surface area contributed by atoms with E-state index in [0.29, 0.717) is 11.5 Å². The maximum atomic E-state index is 12.1. The van der Waals surface area contributed by atoms with E-state index in [1.54, 1.807) is 13.8 Å². The van der Waals surface area contributed by atoms with Crippen molar-refractivity contribution in [2.45, 2.75) is 53.9 Å². The molecule has 1 fully saturated rings. The molecule has 1 aliphatic rings. The second kappa shape index (κ2) is 6.46. The molecule has 0 aliphatic carbocycles. The maximum Gasteiger partial charge on any atom is 0.352 e. The first-order valence-corrected chi connectivity index (χ1v) is 7.27. The molecule has 7 heteroatoms. The van der Waals surface area contributed by atoms with Crippen molar-refractivity contribution in [2.24, 2.45) is 10.8 Å². The van der Waals surface area contributed by atoms with Gasteiger partial charge in [-0.1, -0.05) is 34.6 Å². The summed E-state index contributed by atoms with van der Waals surface area (Å²) in [4.78, 5) is 51.1. The normalized spacial score (nSPS) is 16.0. The highest BCUT2D eigenvalue weighted by atomic mass is 16.7. The van der Waals surface area contributed by atoms with Gasteiger partial charge in [0, 0.05) is 18.3 Å². The fourth-order valence-electron chi connectivity index (χ4n) is 2.59. The van der Waals surface area contributed by atoms with Crippen LogP contribution in [-0.4, -0.2) is 35.3 Å². The minimum Gasteiger partial charge on any atom is -0.345 e. The Morgan fingerprint density at radius 3 is 2.05 bits per heavy atom. The van der Waals surface area contributed by atoms with E-state index in [-0.39, 0.29) is 30.7 Å². The highest BCUT2D eigenvalue weighted by Crippen LogP contribution is 2.33. The third-order valence-electron chi connectivity index (χ3n) is 3.18. The summed E-state index contributed by atoms with van der Waals surface area (Å²) in [6, 6.07) is 0. The van der Waals surface area contributed by atoms with Crippen LogP contribution < -0.4 is 5.32 Å². The highest BCUT2D eigenvalue weighted by Gasteiger charge is 2.34. The Bertz CT molecular complexity index is 475. The molecule has 0 unspecified atom stereocenters. The van der Waals surface area contributed by atoms with Gasteiger partial charge >= 0.3 is 5.97 Å². The van der Waals surface area contributed by atoms with Crippen LogP contribution in [0.5, 0.6) is 0 Å². The van der Waals surface area contributed by atoms with Crippen molar-refractivity contribution in [3.05, 3.63) is 0 Å². The number of hydrogen-bond donors (Lipinski definition) is 1. The summed E-state index contributed by atoms with van der Waals surface area (Å²) in [5, 5.41) is 2.95. The first kappa shape index (κ1) is 18.1. The Kier molecular flexibility index (Phi) is 5.32. The van der Waals surface area contributed by atoms with Gasteiger partial charge in [0.25, 0.3) is 11.8 Å². The van der Waals surface area contributed by atoms with Crippen LogP contribution in [0.3, 0.4) is 0 Å². The average Bonchev–Trinajstić information content (AvgIpc) is 2.64. The second-order valence-electron chi connectivity index (χ2n) is 7.35. The molecule has 0 aromatic rings. The van der Waals surface area contributed by atoms with Crippen molar-refractivity contribution in [3.63, 3.8) is 0 Å². The predicted molar refractivity (Wildman–Crippen MR) is 78.0 cm³/mol. The Balaban J connectivity index is 2.48. The second-order valence-corrected chi connectivity index (χ2v) is 7.35. The van der Waals surface area contributed by atoms with E-state index in [9.17, 15) is 19.2 Å². The van der Waals surface area contributed by atoms with Gasteiger partial charge in [-0.3, -0.25) is 14.4 Å². The fraction of sp³-hybridized carbons (Fsp3) is 0.733. The van der Waals surface area contributed by atoms with E-state index in [2.05, 4.69) is 10.2 Å². The molecule has 0 aromatic heterocycles. The zero-order valence-electron chi connectivity index (χ0n) is 13.8. The number of imide groups is 1. The van der Waals surface area contributed by atoms with Crippen molar-refractivity contribution < 1.29 is 24.0 Å². The molecular weight excluding hydrogens is 288 g/mol. The minimum absolute atomic E-state index is 0.0320. The molecule has 1 N–H and O–H groups in total. The Labute approximate surface area is 130 Å². The van der Waals surface area contributed by atoms with Crippen LogP contribution in [0.2, 0.25) is 0 Å². The quantitative estimate of drug-likeness (QED) is 0.769. The zero-order valence-corrected chi connectivity index (χ0v) is 13.8. The number of rotatable bonds is 5. The van der Waals surface area contributed by atoms with E-state index in [4.69, 9.17) is 0 Å². The summed E-state index contributed by atoms with van der Waals surface area (Å²) < 4.78 is 0. The standard InChI is InChI=1S/C15H24N2O5/c1-14(2,3)9-15(4,5)13(21)16-8-12(20)22-17-10(18)6-7-11(17)19/h6-9H2,1-5H3,(H,16,21). The number of carbonyl (C=O) groups is 4. The first-order chi connectivity index (χ1) is 9.92. The van der Waals surface area contributed by atoms with Crippen LogP contribution >= 0.6 is 0 Å². The third-order valence-corrected chi connectivity index (χ3v) is 3.18. The number of hydroxylamine groups is 2. The van der Waals surface area contributed by atoms with Gasteiger partial charge in [-0.05, 0) is 11.8 Å². The molecule has 7 nitrogen and oxygen atoms in total. The average molecular weight is 312 g/mol. The monoisotopic (exact) mass is 312 g/mol. The Morgan fingerprint density at radius 2 is 1.59 bits per heavy atom. The SMILES string of the molecule is CC(C)(C)CC(C)(C)C(=O)NCC(=O)ON1C(=O)CCC1=O. The van der Waals surface area contributed by atoms with Gasteiger partial charge in [0.2, 0.25) is 5.91 Å². The number of amides is 3. The van der Waals surface area contributed by atoms with Crippen molar-refractivity contribution in [2.75, 3.05) is 6.54 Å². The van der Waals surface area contributed by atoms with Gasteiger partial charge in [0.15, 0.2) is 0 Å². The lowest BCUT2D eigenvalue weighted by Crippen LogP contribution is -2.43. The lowest BCUT2D eigenvalue weighted by molar-refractivity contribution is -0.196. The molecule has 0 atom stereocenters. The van der Waals surface area contributed by atoms with Gasteiger partial charge < -0.3 is 10.2 Å². The summed E-state index contributed by atoms with van der Waals surface area (Å²) in [5.41, 5.74) is -0.673. The van der Waals surface area contributed by atoms with Crippen molar-refractivity contribution in [1.82, 2.24) is 10.4 Å². The van der Waals surface area contributed by atoms with Crippen LogP contribution in [0.25, 0.3) is 0 Å². The van der Waals surface area contributed by atoms with E-state index >= 15 is 0 Å². The van der Waals surface area contributed by atoms with Crippen molar-refractivity contribution in [1.29, 1.82) is 0 Å². The van der Waals surface area contributed by atoms with Crippen LogP contribution in [-0.2, 0) is 24.0 Å². The summed E-state index contributed by atoms with van der Waals surface area (Å²) in [7, 11) is 0. The molecule has 124 valence electrons. The smallest absolute Gasteiger partial charge is 0.345 e. The highest BCUT2D eigenvalue weighted by molar-refractivity contribution is 6.01. The van der Waals surface area contributed by atoms with Gasteiger partial charge in [-0.15, -0.1) is 5.06 Å². The molecule has 0 saturated carbocycles. The Morgan fingerprint density at radius 1 is 1.09 bits per heavy atom. The molecule has 0 radical (unpaired) electrons. The van der Waals surface area contributed by atoms with Crippen molar-refractivity contribution >= 4 is 23.7 Å². The minimum atomic E-state index is -0.844. The molecule has 0 aromatic carbocycles. The van der Waals surface area contributed by atoms with Crippen LogP contribution in [0.4, 0.5) is 0 Å². The summed E-state index contributed by atoms with van der Waals surface area (Å²) in [5.74, 6) is -2.21. The van der Waals surface area contributed by atoms with Gasteiger partial charge in [0.1, 0.15) is 6.54 Å². The van der Waals surface area contributed by atoms with Gasteiger partial charge in [0.05, 0.1) is 0 Å². The van der Waals surface area contributed by atoms with E-state index in [0.717, 1.165) is 0 Å². The fourth-order valence-corrected chi connectivity index (χ4v) is 2.59. The van der Waals surface area contributed by atoms with E-state index < -0.39 is 23.2 Å². The van der Waals surface area contributed by atoms with Gasteiger partial charge in [-0.2, -0.15) is 0 Å². The van der Waals surface area contributed by atoms with Crippen LogP contribution in [0.1, 0.15) is 53.9 Å². The van der Waals surface area contributed by atoms with E-state index in [1.807, 2.05) is 20.8 Å². The summed E-state index contributed by atoms with van der Waals surface area (Å²) in [6.45, 7) is 9.30. The third kappa shape index (κ3) is 5.13. The lowest BCUT2D eigenvalue weighted by Gasteiger charge is -2.31.